The van der Waals surface area contributed by atoms with Gasteiger partial charge in [0.1, 0.15) is 6.04 Å². The lowest BCUT2D eigenvalue weighted by atomic mass is 9.87. The minimum atomic E-state index is -0.0325. The van der Waals surface area contributed by atoms with Gasteiger partial charge in [0.05, 0.1) is 13.2 Å². The predicted octanol–water partition coefficient (Wildman–Crippen LogP) is 0.776. The molecule has 0 bridgehead atoms. The van der Waals surface area contributed by atoms with Gasteiger partial charge < -0.3 is 10.5 Å². The summed E-state index contributed by atoms with van der Waals surface area (Å²) < 4.78 is 5.18. The Kier molecular flexibility index (Phi) is 2.39. The molecule has 0 radical (unpaired) electrons. The summed E-state index contributed by atoms with van der Waals surface area (Å²) in [7, 11) is 1.64. The van der Waals surface area contributed by atoms with E-state index in [1.54, 1.807) is 7.11 Å². The van der Waals surface area contributed by atoms with Crippen molar-refractivity contribution in [2.24, 2.45) is 16.8 Å². The second-order valence-corrected chi connectivity index (χ2v) is 4.41. The third-order valence-corrected chi connectivity index (χ3v) is 3.62. The summed E-state index contributed by atoms with van der Waals surface area (Å²) in [6.45, 7) is 4.48. The largest absolute Gasteiger partial charge is 0.482 e. The van der Waals surface area contributed by atoms with E-state index in [0.717, 1.165) is 6.42 Å². The van der Waals surface area contributed by atoms with Crippen molar-refractivity contribution in [1.29, 1.82) is 0 Å². The highest BCUT2D eigenvalue weighted by Crippen LogP contribution is 2.32. The fraction of sp³-hybridized carbons (Fsp3) is 0.900. The first kappa shape index (κ1) is 9.77. The molecule has 0 spiro atoms. The molecule has 2 rings (SSSR count). The second kappa shape index (κ2) is 3.42. The van der Waals surface area contributed by atoms with Crippen LogP contribution in [-0.4, -0.2) is 36.1 Å². The zero-order chi connectivity index (χ0) is 10.3. The van der Waals surface area contributed by atoms with E-state index in [4.69, 9.17) is 10.5 Å². The maximum absolute atomic E-state index is 6.05. The number of rotatable bonds is 0. The van der Waals surface area contributed by atoms with Crippen LogP contribution in [0, 0.1) is 5.92 Å². The molecular formula is C10H19N3O. The van der Waals surface area contributed by atoms with Gasteiger partial charge in [-0.15, -0.1) is 5.10 Å². The van der Waals surface area contributed by atoms with Crippen molar-refractivity contribution in [2.75, 3.05) is 7.11 Å². The zero-order valence-corrected chi connectivity index (χ0v) is 9.10. The molecule has 2 aliphatic heterocycles. The molecule has 4 atom stereocenters. The van der Waals surface area contributed by atoms with Crippen LogP contribution in [0.5, 0.6) is 0 Å². The number of nitrogens with zero attached hydrogens (tertiary/aromatic N) is 2. The molecule has 14 heavy (non-hydrogen) atoms. The number of methoxy groups -OCH3 is 1. The van der Waals surface area contributed by atoms with E-state index in [1.165, 1.54) is 6.42 Å². The monoisotopic (exact) mass is 197 g/mol. The van der Waals surface area contributed by atoms with E-state index >= 15 is 0 Å². The van der Waals surface area contributed by atoms with Gasteiger partial charge in [-0.1, -0.05) is 6.92 Å². The van der Waals surface area contributed by atoms with Crippen molar-refractivity contribution in [3.05, 3.63) is 0 Å². The Bertz CT molecular complexity index is 254. The van der Waals surface area contributed by atoms with E-state index in [0.29, 0.717) is 23.9 Å². The SMILES string of the molecule is COC1=NN2C(C)C(C)CCC2C1N. The Morgan fingerprint density at radius 2 is 2.14 bits per heavy atom. The van der Waals surface area contributed by atoms with E-state index in [2.05, 4.69) is 24.0 Å². The van der Waals surface area contributed by atoms with Crippen LogP contribution in [-0.2, 0) is 4.74 Å². The summed E-state index contributed by atoms with van der Waals surface area (Å²) in [6.07, 6.45) is 2.37. The third kappa shape index (κ3) is 1.29. The van der Waals surface area contributed by atoms with Crippen LogP contribution in [0.1, 0.15) is 26.7 Å². The van der Waals surface area contributed by atoms with Crippen LogP contribution in [0.15, 0.2) is 5.10 Å². The number of hydrogen-bond donors (Lipinski definition) is 1. The van der Waals surface area contributed by atoms with Crippen LogP contribution in [0.25, 0.3) is 0 Å². The zero-order valence-electron chi connectivity index (χ0n) is 9.10. The lowest BCUT2D eigenvalue weighted by Gasteiger charge is -2.39. The number of fused-ring (bicyclic) bond motifs is 1. The number of nitrogens with two attached hydrogens (primary N) is 1. The van der Waals surface area contributed by atoms with Gasteiger partial charge in [-0.2, -0.15) is 0 Å². The predicted molar refractivity (Wildman–Crippen MR) is 55.9 cm³/mol. The molecule has 0 aromatic heterocycles. The van der Waals surface area contributed by atoms with Crippen molar-refractivity contribution in [3.8, 4) is 0 Å². The molecule has 1 fully saturated rings. The molecule has 2 heterocycles. The first-order valence-electron chi connectivity index (χ1n) is 5.31. The highest BCUT2D eigenvalue weighted by Gasteiger charge is 2.42. The van der Waals surface area contributed by atoms with E-state index < -0.39 is 0 Å². The molecular weight excluding hydrogens is 178 g/mol. The van der Waals surface area contributed by atoms with Gasteiger partial charge in [0, 0.05) is 6.04 Å². The van der Waals surface area contributed by atoms with Crippen molar-refractivity contribution in [1.82, 2.24) is 5.01 Å². The smallest absolute Gasteiger partial charge is 0.225 e. The molecule has 4 unspecified atom stereocenters. The minimum absolute atomic E-state index is 0.0325. The van der Waals surface area contributed by atoms with Gasteiger partial charge in [-0.25, -0.2) is 0 Å². The van der Waals surface area contributed by atoms with Crippen molar-refractivity contribution in [2.45, 2.75) is 44.8 Å². The molecule has 4 nitrogen and oxygen atoms in total. The van der Waals surface area contributed by atoms with E-state index in [1.807, 2.05) is 0 Å². The first-order valence-corrected chi connectivity index (χ1v) is 5.31. The topological polar surface area (TPSA) is 50.8 Å². The lowest BCUT2D eigenvalue weighted by Crippen LogP contribution is -2.50. The molecule has 0 aromatic carbocycles. The van der Waals surface area contributed by atoms with Gasteiger partial charge in [-0.05, 0) is 25.7 Å². The van der Waals surface area contributed by atoms with Crippen molar-refractivity contribution in [3.63, 3.8) is 0 Å². The van der Waals surface area contributed by atoms with Gasteiger partial charge in [0.15, 0.2) is 0 Å². The van der Waals surface area contributed by atoms with Crippen LogP contribution < -0.4 is 5.73 Å². The summed E-state index contributed by atoms with van der Waals surface area (Å²) in [4.78, 5) is 0. The van der Waals surface area contributed by atoms with Gasteiger partial charge in [0.2, 0.25) is 5.90 Å². The highest BCUT2D eigenvalue weighted by atomic mass is 16.5. The number of piperidine rings is 1. The first-order chi connectivity index (χ1) is 6.65. The van der Waals surface area contributed by atoms with Crippen LogP contribution in [0.3, 0.4) is 0 Å². The van der Waals surface area contributed by atoms with Gasteiger partial charge in [0.25, 0.3) is 0 Å². The van der Waals surface area contributed by atoms with E-state index in [9.17, 15) is 0 Å². The molecule has 2 aliphatic rings. The fourth-order valence-corrected chi connectivity index (χ4v) is 2.40. The Morgan fingerprint density at radius 1 is 1.43 bits per heavy atom. The van der Waals surface area contributed by atoms with Crippen molar-refractivity contribution < 1.29 is 4.74 Å². The Labute approximate surface area is 85.1 Å². The second-order valence-electron chi connectivity index (χ2n) is 4.41. The average Bonchev–Trinajstić information content (AvgIpc) is 2.50. The Morgan fingerprint density at radius 3 is 2.79 bits per heavy atom. The average molecular weight is 197 g/mol. The molecule has 0 aromatic rings. The molecule has 0 saturated carbocycles. The Balaban J connectivity index is 2.19. The summed E-state index contributed by atoms with van der Waals surface area (Å²) in [5.41, 5.74) is 6.05. The number of ether oxygens (including phenoxy) is 1. The quantitative estimate of drug-likeness (QED) is 0.624. The van der Waals surface area contributed by atoms with Crippen LogP contribution in [0.2, 0.25) is 0 Å². The standard InChI is InChI=1S/C10H19N3O/c1-6-4-5-8-9(11)10(14-3)12-13(8)7(6)2/h6-9H,4-5,11H2,1-3H3. The normalized spacial score (nSPS) is 42.0. The third-order valence-electron chi connectivity index (χ3n) is 3.62. The maximum Gasteiger partial charge on any atom is 0.225 e. The van der Waals surface area contributed by atoms with Crippen LogP contribution in [0.4, 0.5) is 0 Å². The molecule has 2 N–H and O–H groups in total. The van der Waals surface area contributed by atoms with Gasteiger partial charge in [-0.3, -0.25) is 5.01 Å². The van der Waals surface area contributed by atoms with Crippen molar-refractivity contribution >= 4 is 5.90 Å². The molecule has 80 valence electrons. The summed E-state index contributed by atoms with van der Waals surface area (Å²) in [6, 6.07) is 0.804. The summed E-state index contributed by atoms with van der Waals surface area (Å²) >= 11 is 0. The molecule has 0 amide bonds. The van der Waals surface area contributed by atoms with Gasteiger partial charge >= 0.3 is 0 Å². The molecule has 0 aliphatic carbocycles. The van der Waals surface area contributed by atoms with Crippen LogP contribution >= 0.6 is 0 Å². The maximum atomic E-state index is 6.05. The number of hydrogen-bond acceptors (Lipinski definition) is 4. The van der Waals surface area contributed by atoms with E-state index in [-0.39, 0.29) is 6.04 Å². The number of hydrazone groups is 1. The Hall–Kier alpha value is -0.770. The highest BCUT2D eigenvalue weighted by molar-refractivity contribution is 5.83. The minimum Gasteiger partial charge on any atom is -0.482 e. The fourth-order valence-electron chi connectivity index (χ4n) is 2.40. The molecule has 4 heteroatoms. The molecule has 1 saturated heterocycles. The lowest BCUT2D eigenvalue weighted by molar-refractivity contribution is 0.0699. The summed E-state index contributed by atoms with van der Waals surface area (Å²) in [5.74, 6) is 1.38. The summed E-state index contributed by atoms with van der Waals surface area (Å²) in [5, 5.41) is 6.58.